The zero-order valence-corrected chi connectivity index (χ0v) is 15.7. The van der Waals surface area contributed by atoms with E-state index in [-0.39, 0.29) is 11.8 Å². The van der Waals surface area contributed by atoms with Gasteiger partial charge in [0.25, 0.3) is 5.91 Å². The summed E-state index contributed by atoms with van der Waals surface area (Å²) in [5, 5.41) is 15.2. The zero-order chi connectivity index (χ0) is 17.9. The molecule has 0 unspecified atom stereocenters. The highest BCUT2D eigenvalue weighted by Gasteiger charge is 2.49. The third-order valence-electron chi connectivity index (χ3n) is 5.17. The summed E-state index contributed by atoms with van der Waals surface area (Å²) in [6.45, 7) is 0. The molecule has 132 valence electrons. The normalized spacial score (nSPS) is 20.6. The highest BCUT2D eigenvalue weighted by molar-refractivity contribution is 9.10. The van der Waals surface area contributed by atoms with Crippen molar-refractivity contribution in [1.29, 1.82) is 5.26 Å². The molecule has 2 N–H and O–H groups in total. The smallest absolute Gasteiger partial charge is 0.252 e. The minimum Gasteiger partial charge on any atom is -0.338 e. The Morgan fingerprint density at radius 3 is 2.08 bits per heavy atom. The first-order chi connectivity index (χ1) is 12.0. The number of carbonyl (C=O) groups is 2. The van der Waals surface area contributed by atoms with E-state index in [9.17, 15) is 14.9 Å². The second-order valence-electron chi connectivity index (χ2n) is 7.11. The number of benzene rings is 1. The Labute approximate surface area is 156 Å². The average molecular weight is 404 g/mol. The van der Waals surface area contributed by atoms with Crippen molar-refractivity contribution in [3.05, 3.63) is 34.3 Å². The lowest BCUT2D eigenvalue weighted by Crippen LogP contribution is -2.60. The molecule has 1 aromatic rings. The topological polar surface area (TPSA) is 82.0 Å². The van der Waals surface area contributed by atoms with Crippen LogP contribution < -0.4 is 10.6 Å². The molecule has 0 radical (unpaired) electrons. The molecule has 0 spiro atoms. The zero-order valence-electron chi connectivity index (χ0n) is 14.1. The van der Waals surface area contributed by atoms with Gasteiger partial charge in [0.2, 0.25) is 5.91 Å². The monoisotopic (exact) mass is 403 g/mol. The van der Waals surface area contributed by atoms with E-state index in [0.717, 1.165) is 30.2 Å². The van der Waals surface area contributed by atoms with Crippen LogP contribution in [0.5, 0.6) is 0 Å². The summed E-state index contributed by atoms with van der Waals surface area (Å²) >= 11 is 3.36. The van der Waals surface area contributed by atoms with Crippen LogP contribution in [0.1, 0.15) is 61.7 Å². The van der Waals surface area contributed by atoms with Crippen LogP contribution in [0.4, 0.5) is 0 Å². The molecule has 25 heavy (non-hydrogen) atoms. The van der Waals surface area contributed by atoms with Crippen molar-refractivity contribution >= 4 is 27.7 Å². The molecule has 2 aliphatic rings. The molecule has 0 bridgehead atoms. The van der Waals surface area contributed by atoms with Gasteiger partial charge in [-0.15, -0.1) is 0 Å². The molecule has 2 aliphatic carbocycles. The van der Waals surface area contributed by atoms with Gasteiger partial charge >= 0.3 is 0 Å². The Morgan fingerprint density at radius 2 is 1.56 bits per heavy atom. The molecule has 5 nitrogen and oxygen atoms in total. The van der Waals surface area contributed by atoms with Crippen molar-refractivity contribution in [3.63, 3.8) is 0 Å². The summed E-state index contributed by atoms with van der Waals surface area (Å²) in [5.41, 5.74) is -1.12. The van der Waals surface area contributed by atoms with Crippen LogP contribution in [0.25, 0.3) is 0 Å². The van der Waals surface area contributed by atoms with E-state index in [4.69, 9.17) is 0 Å². The highest BCUT2D eigenvalue weighted by Crippen LogP contribution is 2.36. The van der Waals surface area contributed by atoms with Gasteiger partial charge in [0.15, 0.2) is 0 Å². The van der Waals surface area contributed by atoms with Gasteiger partial charge in [-0.2, -0.15) is 5.26 Å². The number of hydrogen-bond donors (Lipinski definition) is 2. The Kier molecular flexibility index (Phi) is 5.14. The van der Waals surface area contributed by atoms with Gasteiger partial charge in [-0.25, -0.2) is 0 Å². The van der Waals surface area contributed by atoms with Crippen molar-refractivity contribution in [1.82, 2.24) is 10.6 Å². The van der Waals surface area contributed by atoms with Gasteiger partial charge in [0, 0.05) is 10.0 Å². The molecule has 2 amide bonds. The highest BCUT2D eigenvalue weighted by atomic mass is 79.9. The summed E-state index contributed by atoms with van der Waals surface area (Å²) in [4.78, 5) is 25.7. The molecule has 2 saturated carbocycles. The Bertz CT molecular complexity index is 696. The van der Waals surface area contributed by atoms with Crippen LogP contribution >= 0.6 is 15.9 Å². The SMILES string of the molecule is N#CC1(NC(=O)C2(NC(=O)c3ccc(Br)cc3)CCCCCC2)CC1. The fourth-order valence-electron chi connectivity index (χ4n) is 3.36. The van der Waals surface area contributed by atoms with Crippen molar-refractivity contribution < 1.29 is 9.59 Å². The molecule has 0 aliphatic heterocycles. The number of carbonyl (C=O) groups excluding carboxylic acids is 2. The predicted molar refractivity (Wildman–Crippen MR) is 97.8 cm³/mol. The van der Waals surface area contributed by atoms with Gasteiger partial charge in [-0.05, 0) is 49.9 Å². The summed E-state index contributed by atoms with van der Waals surface area (Å²) in [6.07, 6.45) is 6.52. The third kappa shape index (κ3) is 4.04. The van der Waals surface area contributed by atoms with Crippen LogP contribution in [0.2, 0.25) is 0 Å². The van der Waals surface area contributed by atoms with Crippen LogP contribution in [0.3, 0.4) is 0 Å². The Balaban J connectivity index is 1.81. The molecule has 3 rings (SSSR count). The lowest BCUT2D eigenvalue weighted by atomic mass is 9.88. The van der Waals surface area contributed by atoms with E-state index in [2.05, 4.69) is 32.6 Å². The van der Waals surface area contributed by atoms with E-state index in [0.29, 0.717) is 31.2 Å². The lowest BCUT2D eigenvalue weighted by molar-refractivity contribution is -0.128. The summed E-state index contributed by atoms with van der Waals surface area (Å²) in [5.74, 6) is -0.453. The van der Waals surface area contributed by atoms with Crippen molar-refractivity contribution in [2.75, 3.05) is 0 Å². The number of rotatable bonds is 4. The fraction of sp³-hybridized carbons (Fsp3) is 0.526. The van der Waals surface area contributed by atoms with Crippen LogP contribution in [0, 0.1) is 11.3 Å². The van der Waals surface area contributed by atoms with E-state index in [1.165, 1.54) is 0 Å². The number of amides is 2. The summed E-state index contributed by atoms with van der Waals surface area (Å²) in [7, 11) is 0. The number of nitriles is 1. The van der Waals surface area contributed by atoms with E-state index >= 15 is 0 Å². The van der Waals surface area contributed by atoms with Crippen molar-refractivity contribution in [2.24, 2.45) is 0 Å². The van der Waals surface area contributed by atoms with Crippen LogP contribution in [-0.4, -0.2) is 22.9 Å². The standard InChI is InChI=1S/C19H22BrN3O2/c20-15-7-5-14(6-8-15)16(24)22-19(9-3-1-2-4-10-19)17(25)23-18(13-21)11-12-18/h5-8H,1-4,9-12H2,(H,22,24)(H,23,25). The first-order valence-electron chi connectivity index (χ1n) is 8.81. The second kappa shape index (κ2) is 7.17. The molecule has 6 heteroatoms. The fourth-order valence-corrected chi connectivity index (χ4v) is 3.62. The number of hydrogen-bond acceptors (Lipinski definition) is 3. The Hall–Kier alpha value is -1.87. The number of nitrogens with one attached hydrogen (secondary N) is 2. The minimum absolute atomic E-state index is 0.209. The van der Waals surface area contributed by atoms with Crippen LogP contribution in [-0.2, 0) is 4.79 Å². The van der Waals surface area contributed by atoms with Crippen molar-refractivity contribution in [3.8, 4) is 6.07 Å². The van der Waals surface area contributed by atoms with E-state index in [1.807, 2.05) is 12.1 Å². The van der Waals surface area contributed by atoms with Gasteiger partial charge in [-0.3, -0.25) is 9.59 Å². The second-order valence-corrected chi connectivity index (χ2v) is 8.02. The van der Waals surface area contributed by atoms with E-state index < -0.39 is 11.1 Å². The molecular weight excluding hydrogens is 382 g/mol. The predicted octanol–water partition coefficient (Wildman–Crippen LogP) is 3.44. The first-order valence-corrected chi connectivity index (χ1v) is 9.60. The minimum atomic E-state index is -0.924. The van der Waals surface area contributed by atoms with Gasteiger partial charge < -0.3 is 10.6 Å². The molecule has 0 heterocycles. The maximum absolute atomic E-state index is 13.0. The van der Waals surface area contributed by atoms with Gasteiger partial charge in [0.1, 0.15) is 11.1 Å². The lowest BCUT2D eigenvalue weighted by Gasteiger charge is -2.33. The Morgan fingerprint density at radius 1 is 0.960 bits per heavy atom. The van der Waals surface area contributed by atoms with Crippen LogP contribution in [0.15, 0.2) is 28.7 Å². The third-order valence-corrected chi connectivity index (χ3v) is 5.70. The average Bonchev–Trinajstić information content (AvgIpc) is 3.40. The largest absolute Gasteiger partial charge is 0.338 e. The maximum Gasteiger partial charge on any atom is 0.252 e. The number of nitrogens with zero attached hydrogens (tertiary/aromatic N) is 1. The van der Waals surface area contributed by atoms with Crippen molar-refractivity contribution in [2.45, 2.75) is 62.4 Å². The molecule has 0 aromatic heterocycles. The molecule has 1 aromatic carbocycles. The molecule has 0 atom stereocenters. The van der Waals surface area contributed by atoms with Gasteiger partial charge in [0.05, 0.1) is 6.07 Å². The summed E-state index contributed by atoms with van der Waals surface area (Å²) < 4.78 is 0.899. The van der Waals surface area contributed by atoms with E-state index in [1.54, 1.807) is 12.1 Å². The molecule has 2 fully saturated rings. The van der Waals surface area contributed by atoms with Gasteiger partial charge in [-0.1, -0.05) is 41.6 Å². The quantitative estimate of drug-likeness (QED) is 0.755. The molecular formula is C19H22BrN3O2. The molecule has 0 saturated heterocycles. The first kappa shape index (κ1) is 17.9. The number of halogens is 1. The summed E-state index contributed by atoms with van der Waals surface area (Å²) in [6, 6.07) is 9.29. The maximum atomic E-state index is 13.0.